The monoisotopic (exact) mass is 202 g/mol. The maximum Gasteiger partial charge on any atom is 0.330 e. The van der Waals surface area contributed by atoms with Gasteiger partial charge in [-0.15, -0.1) is 0 Å². The van der Waals surface area contributed by atoms with Crippen molar-refractivity contribution in [3.63, 3.8) is 0 Å². The molecule has 0 aromatic rings. The molecular weight excluding hydrogens is 184 g/mol. The summed E-state index contributed by atoms with van der Waals surface area (Å²) in [5.74, 6) is 0.913. The van der Waals surface area contributed by atoms with E-state index in [1.54, 1.807) is 0 Å². The normalized spacial score (nSPS) is 9.62. The van der Waals surface area contributed by atoms with Gasteiger partial charge in [0.15, 0.2) is 0 Å². The second kappa shape index (κ2) is 9.65. The summed E-state index contributed by atoms with van der Waals surface area (Å²) in [5, 5.41) is 0. The van der Waals surface area contributed by atoms with E-state index in [9.17, 15) is 4.79 Å². The quantitative estimate of drug-likeness (QED) is 0.344. The van der Waals surface area contributed by atoms with Gasteiger partial charge < -0.3 is 4.74 Å². The number of carbonyl (C=O) groups excluding carboxylic acids is 1. The van der Waals surface area contributed by atoms with Gasteiger partial charge in [0.25, 0.3) is 0 Å². The summed E-state index contributed by atoms with van der Waals surface area (Å²) in [7, 11) is 0. The first-order chi connectivity index (χ1) is 6.31. The molecule has 0 spiro atoms. The minimum absolute atomic E-state index is 0.316. The molecule has 0 fully saturated rings. The van der Waals surface area contributed by atoms with Gasteiger partial charge in [-0.05, 0) is 24.9 Å². The molecule has 0 atom stereocenters. The van der Waals surface area contributed by atoms with Crippen LogP contribution in [0.2, 0.25) is 0 Å². The Morgan fingerprint density at radius 2 is 2.08 bits per heavy atom. The van der Waals surface area contributed by atoms with Gasteiger partial charge in [0.05, 0.1) is 6.61 Å². The van der Waals surface area contributed by atoms with Gasteiger partial charge in [0.2, 0.25) is 0 Å². The molecule has 0 N–H and O–H groups in total. The highest BCUT2D eigenvalue weighted by atomic mass is 32.2. The van der Waals surface area contributed by atoms with Gasteiger partial charge in [-0.25, -0.2) is 4.79 Å². The van der Waals surface area contributed by atoms with Crippen molar-refractivity contribution in [3.05, 3.63) is 12.7 Å². The highest BCUT2D eigenvalue weighted by molar-refractivity contribution is 7.98. The number of thioether (sulfide) groups is 1. The zero-order valence-electron chi connectivity index (χ0n) is 8.25. The molecule has 0 amide bonds. The molecule has 2 nitrogen and oxygen atoms in total. The zero-order chi connectivity index (χ0) is 9.94. The molecule has 0 rings (SSSR count). The lowest BCUT2D eigenvalue weighted by atomic mass is 10.2. The smallest absolute Gasteiger partial charge is 0.330 e. The average molecular weight is 202 g/mol. The van der Waals surface area contributed by atoms with Crippen LogP contribution >= 0.6 is 11.8 Å². The van der Waals surface area contributed by atoms with E-state index in [4.69, 9.17) is 4.74 Å². The molecule has 3 heteroatoms. The molecule has 0 aliphatic heterocycles. The maximum absolute atomic E-state index is 10.6. The third kappa shape index (κ3) is 9.47. The average Bonchev–Trinajstić information content (AvgIpc) is 2.16. The van der Waals surface area contributed by atoms with Crippen molar-refractivity contribution in [2.45, 2.75) is 25.7 Å². The standard InChI is InChI=1S/C10H18O2S/c1-3-10(11)12-8-6-4-5-7-9-13-2/h3H,1,4-9H2,2H3. The molecule has 0 bridgehead atoms. The Balaban J connectivity index is 2.99. The summed E-state index contributed by atoms with van der Waals surface area (Å²) in [6.45, 7) is 3.85. The van der Waals surface area contributed by atoms with E-state index in [1.165, 1.54) is 24.7 Å². The van der Waals surface area contributed by atoms with Gasteiger partial charge in [-0.2, -0.15) is 11.8 Å². The SMILES string of the molecule is C=CC(=O)OCCCCCCSC. The number of hydrogen-bond donors (Lipinski definition) is 0. The molecular formula is C10H18O2S. The van der Waals surface area contributed by atoms with E-state index in [0.717, 1.165) is 12.8 Å². The number of esters is 1. The van der Waals surface area contributed by atoms with Crippen LogP contribution in [0.3, 0.4) is 0 Å². The molecule has 13 heavy (non-hydrogen) atoms. The van der Waals surface area contributed by atoms with Crippen LogP contribution in [-0.2, 0) is 9.53 Å². The topological polar surface area (TPSA) is 26.3 Å². The van der Waals surface area contributed by atoms with Gasteiger partial charge in [-0.3, -0.25) is 0 Å². The molecule has 0 aromatic carbocycles. The maximum atomic E-state index is 10.6. The highest BCUT2D eigenvalue weighted by Gasteiger charge is 1.94. The molecule has 0 saturated carbocycles. The minimum atomic E-state index is -0.316. The Morgan fingerprint density at radius 1 is 1.38 bits per heavy atom. The highest BCUT2D eigenvalue weighted by Crippen LogP contribution is 2.04. The lowest BCUT2D eigenvalue weighted by molar-refractivity contribution is -0.137. The first-order valence-electron chi connectivity index (χ1n) is 4.59. The molecule has 0 unspecified atom stereocenters. The van der Waals surface area contributed by atoms with Crippen molar-refractivity contribution in [1.29, 1.82) is 0 Å². The number of ether oxygens (including phenoxy) is 1. The largest absolute Gasteiger partial charge is 0.463 e. The predicted octanol–water partition coefficient (Wildman–Crippen LogP) is 2.64. The molecule has 0 saturated heterocycles. The predicted molar refractivity (Wildman–Crippen MR) is 58.0 cm³/mol. The van der Waals surface area contributed by atoms with Crippen LogP contribution in [0.15, 0.2) is 12.7 Å². The van der Waals surface area contributed by atoms with E-state index < -0.39 is 0 Å². The van der Waals surface area contributed by atoms with Crippen molar-refractivity contribution in [2.75, 3.05) is 18.6 Å². The van der Waals surface area contributed by atoms with E-state index in [2.05, 4.69) is 12.8 Å². The van der Waals surface area contributed by atoms with Crippen LogP contribution in [0.25, 0.3) is 0 Å². The van der Waals surface area contributed by atoms with Crippen molar-refractivity contribution >= 4 is 17.7 Å². The van der Waals surface area contributed by atoms with Gasteiger partial charge in [0, 0.05) is 6.08 Å². The van der Waals surface area contributed by atoms with Crippen LogP contribution in [0.4, 0.5) is 0 Å². The second-order valence-corrected chi connectivity index (χ2v) is 3.76. The third-order valence-corrected chi connectivity index (χ3v) is 2.35. The van der Waals surface area contributed by atoms with Crippen molar-refractivity contribution < 1.29 is 9.53 Å². The van der Waals surface area contributed by atoms with Crippen molar-refractivity contribution in [3.8, 4) is 0 Å². The molecule has 76 valence electrons. The van der Waals surface area contributed by atoms with Crippen LogP contribution < -0.4 is 0 Å². The Morgan fingerprint density at radius 3 is 2.69 bits per heavy atom. The fourth-order valence-corrected chi connectivity index (χ4v) is 1.43. The van der Waals surface area contributed by atoms with Crippen LogP contribution in [0.1, 0.15) is 25.7 Å². The number of rotatable bonds is 8. The van der Waals surface area contributed by atoms with E-state index in [-0.39, 0.29) is 5.97 Å². The van der Waals surface area contributed by atoms with Crippen molar-refractivity contribution in [1.82, 2.24) is 0 Å². The van der Waals surface area contributed by atoms with Crippen LogP contribution in [0, 0.1) is 0 Å². The molecule has 0 radical (unpaired) electrons. The Kier molecular flexibility index (Phi) is 9.32. The Hall–Kier alpha value is -0.440. The summed E-state index contributed by atoms with van der Waals surface area (Å²) in [6.07, 6.45) is 7.92. The number of carbonyl (C=O) groups is 1. The summed E-state index contributed by atoms with van der Waals surface area (Å²) in [4.78, 5) is 10.6. The minimum Gasteiger partial charge on any atom is -0.463 e. The third-order valence-electron chi connectivity index (χ3n) is 1.65. The summed E-state index contributed by atoms with van der Waals surface area (Å²) in [6, 6.07) is 0. The number of hydrogen-bond acceptors (Lipinski definition) is 3. The summed E-state index contributed by atoms with van der Waals surface area (Å²) >= 11 is 1.88. The molecule has 0 heterocycles. The Bertz CT molecular complexity index is 146. The summed E-state index contributed by atoms with van der Waals surface area (Å²) < 4.78 is 4.84. The van der Waals surface area contributed by atoms with E-state index >= 15 is 0 Å². The molecule has 0 aliphatic rings. The first-order valence-corrected chi connectivity index (χ1v) is 5.98. The fourth-order valence-electron chi connectivity index (χ4n) is 0.934. The fraction of sp³-hybridized carbons (Fsp3) is 0.700. The number of unbranched alkanes of at least 4 members (excludes halogenated alkanes) is 3. The second-order valence-electron chi connectivity index (χ2n) is 2.78. The lowest BCUT2D eigenvalue weighted by Crippen LogP contribution is -2.01. The van der Waals surface area contributed by atoms with Gasteiger partial charge >= 0.3 is 5.97 Å². The van der Waals surface area contributed by atoms with Gasteiger partial charge in [0.1, 0.15) is 0 Å². The van der Waals surface area contributed by atoms with Crippen LogP contribution in [-0.4, -0.2) is 24.6 Å². The summed E-state index contributed by atoms with van der Waals surface area (Å²) in [5.41, 5.74) is 0. The Labute approximate surface area is 84.7 Å². The zero-order valence-corrected chi connectivity index (χ0v) is 9.07. The molecule has 0 aliphatic carbocycles. The van der Waals surface area contributed by atoms with E-state index in [0.29, 0.717) is 6.61 Å². The van der Waals surface area contributed by atoms with E-state index in [1.807, 2.05) is 11.8 Å². The van der Waals surface area contributed by atoms with Gasteiger partial charge in [-0.1, -0.05) is 19.4 Å². The lowest BCUT2D eigenvalue weighted by Gasteiger charge is -2.01. The molecule has 0 aromatic heterocycles. The van der Waals surface area contributed by atoms with Crippen molar-refractivity contribution in [2.24, 2.45) is 0 Å². The van der Waals surface area contributed by atoms with Crippen LogP contribution in [0.5, 0.6) is 0 Å². The first kappa shape index (κ1) is 12.6.